The van der Waals surface area contributed by atoms with Gasteiger partial charge in [0, 0.05) is 6.54 Å². The molecule has 0 fully saturated rings. The largest absolute Gasteiger partial charge is 0.385 e. The van der Waals surface area contributed by atoms with Gasteiger partial charge in [0.15, 0.2) is 0 Å². The van der Waals surface area contributed by atoms with Gasteiger partial charge in [-0.25, -0.2) is 0 Å². The number of likely N-dealkylation sites (N-methyl/N-ethyl adjacent to an activating group) is 1. The Labute approximate surface area is 115 Å². The van der Waals surface area contributed by atoms with Crippen molar-refractivity contribution in [2.24, 2.45) is 0 Å². The summed E-state index contributed by atoms with van der Waals surface area (Å²) in [5.74, 6) is 0. The van der Waals surface area contributed by atoms with Crippen molar-refractivity contribution >= 4 is 17.3 Å². The summed E-state index contributed by atoms with van der Waals surface area (Å²) >= 11 is 6.04. The minimum Gasteiger partial charge on any atom is -0.385 e. The van der Waals surface area contributed by atoms with E-state index in [1.165, 1.54) is 0 Å². The van der Waals surface area contributed by atoms with Crippen LogP contribution in [0.25, 0.3) is 0 Å². The van der Waals surface area contributed by atoms with Gasteiger partial charge in [0.1, 0.15) is 12.6 Å². The molecule has 0 spiro atoms. The summed E-state index contributed by atoms with van der Waals surface area (Å²) in [6.07, 6.45) is -0.390. The molecule has 0 aliphatic carbocycles. The lowest BCUT2D eigenvalue weighted by molar-refractivity contribution is -0.913. The Morgan fingerprint density at radius 3 is 2.44 bits per heavy atom. The van der Waals surface area contributed by atoms with Gasteiger partial charge in [0.2, 0.25) is 0 Å². The highest BCUT2D eigenvalue weighted by Gasteiger charge is 2.23. The van der Waals surface area contributed by atoms with Crippen LogP contribution in [0.15, 0.2) is 24.3 Å². The molecule has 0 aromatic heterocycles. The van der Waals surface area contributed by atoms with Crippen molar-refractivity contribution in [3.05, 3.63) is 29.3 Å². The Balaban J connectivity index is 2.47. The first-order valence-electron chi connectivity index (χ1n) is 6.32. The Morgan fingerprint density at radius 1 is 1.28 bits per heavy atom. The Morgan fingerprint density at radius 2 is 1.89 bits per heavy atom. The van der Waals surface area contributed by atoms with E-state index in [4.69, 9.17) is 11.6 Å². The van der Waals surface area contributed by atoms with E-state index in [9.17, 15) is 5.11 Å². The third kappa shape index (κ3) is 4.48. The number of anilines is 1. The average molecular weight is 272 g/mol. The van der Waals surface area contributed by atoms with Crippen LogP contribution in [0.1, 0.15) is 13.8 Å². The molecular formula is C14H24ClN2O+. The van der Waals surface area contributed by atoms with Crippen molar-refractivity contribution < 1.29 is 9.59 Å². The smallest absolute Gasteiger partial charge is 0.120 e. The van der Waals surface area contributed by atoms with E-state index in [0.29, 0.717) is 17.6 Å². The molecule has 1 rings (SSSR count). The fourth-order valence-corrected chi connectivity index (χ4v) is 1.85. The summed E-state index contributed by atoms with van der Waals surface area (Å²) in [7, 11) is 4.26. The van der Waals surface area contributed by atoms with Crippen LogP contribution in [0.4, 0.5) is 5.69 Å². The molecule has 1 aromatic rings. The minimum atomic E-state index is -0.390. The van der Waals surface area contributed by atoms with Crippen LogP contribution >= 0.6 is 11.6 Å². The SMILES string of the molecule is CC(C)[N+](C)(C)CC(O)CNc1ccccc1Cl. The van der Waals surface area contributed by atoms with Crippen molar-refractivity contribution in [2.75, 3.05) is 32.5 Å². The van der Waals surface area contributed by atoms with Crippen LogP contribution < -0.4 is 5.32 Å². The summed E-state index contributed by atoms with van der Waals surface area (Å²) in [4.78, 5) is 0. The lowest BCUT2D eigenvalue weighted by Gasteiger charge is -2.36. The number of nitrogens with zero attached hydrogens (tertiary/aromatic N) is 1. The van der Waals surface area contributed by atoms with Crippen molar-refractivity contribution in [1.82, 2.24) is 0 Å². The number of rotatable bonds is 6. The molecule has 1 atom stereocenters. The summed E-state index contributed by atoms with van der Waals surface area (Å²) in [5.41, 5.74) is 0.869. The number of benzene rings is 1. The van der Waals surface area contributed by atoms with Crippen molar-refractivity contribution in [2.45, 2.75) is 26.0 Å². The number of aliphatic hydroxyl groups is 1. The van der Waals surface area contributed by atoms with Crippen LogP contribution in [0.5, 0.6) is 0 Å². The highest BCUT2D eigenvalue weighted by molar-refractivity contribution is 6.33. The highest BCUT2D eigenvalue weighted by Crippen LogP contribution is 2.20. The quantitative estimate of drug-likeness (QED) is 0.780. The maximum absolute atomic E-state index is 10.1. The van der Waals surface area contributed by atoms with E-state index in [0.717, 1.165) is 16.7 Å². The van der Waals surface area contributed by atoms with Crippen molar-refractivity contribution in [1.29, 1.82) is 0 Å². The van der Waals surface area contributed by atoms with Gasteiger partial charge in [-0.1, -0.05) is 23.7 Å². The molecule has 0 bridgehead atoms. The number of hydrogen-bond donors (Lipinski definition) is 2. The third-order valence-corrected chi connectivity index (χ3v) is 3.81. The van der Waals surface area contributed by atoms with Gasteiger partial charge in [-0.05, 0) is 26.0 Å². The van der Waals surface area contributed by atoms with E-state index in [-0.39, 0.29) is 0 Å². The average Bonchev–Trinajstić information content (AvgIpc) is 2.27. The summed E-state index contributed by atoms with van der Waals surface area (Å²) < 4.78 is 0.797. The first kappa shape index (κ1) is 15.3. The lowest BCUT2D eigenvalue weighted by Crippen LogP contribution is -2.51. The molecule has 102 valence electrons. The molecule has 0 radical (unpaired) electrons. The number of nitrogens with one attached hydrogen (secondary N) is 1. The minimum absolute atomic E-state index is 0.390. The van der Waals surface area contributed by atoms with Gasteiger partial charge in [-0.2, -0.15) is 0 Å². The zero-order valence-electron chi connectivity index (χ0n) is 11.7. The molecule has 1 unspecified atom stereocenters. The normalized spacial score (nSPS) is 13.7. The molecule has 2 N–H and O–H groups in total. The predicted molar refractivity (Wildman–Crippen MR) is 78.1 cm³/mol. The van der Waals surface area contributed by atoms with Crippen molar-refractivity contribution in [3.63, 3.8) is 0 Å². The van der Waals surface area contributed by atoms with E-state index in [1.54, 1.807) is 0 Å². The molecule has 18 heavy (non-hydrogen) atoms. The van der Waals surface area contributed by atoms with E-state index < -0.39 is 6.10 Å². The van der Waals surface area contributed by atoms with Crippen LogP contribution in [0, 0.1) is 0 Å². The van der Waals surface area contributed by atoms with Gasteiger partial charge in [0.25, 0.3) is 0 Å². The molecule has 0 aliphatic heterocycles. The lowest BCUT2D eigenvalue weighted by atomic mass is 10.2. The molecule has 0 aliphatic rings. The molecule has 3 nitrogen and oxygen atoms in total. The highest BCUT2D eigenvalue weighted by atomic mass is 35.5. The Bertz CT molecular complexity index is 380. The number of aliphatic hydroxyl groups excluding tert-OH is 1. The summed E-state index contributed by atoms with van der Waals surface area (Å²) in [6, 6.07) is 8.05. The van der Waals surface area contributed by atoms with Gasteiger partial charge >= 0.3 is 0 Å². The maximum Gasteiger partial charge on any atom is 0.120 e. The van der Waals surface area contributed by atoms with Crippen LogP contribution in [0.2, 0.25) is 5.02 Å². The van der Waals surface area contributed by atoms with Crippen molar-refractivity contribution in [3.8, 4) is 0 Å². The zero-order chi connectivity index (χ0) is 13.8. The second kappa shape index (κ2) is 6.41. The molecule has 0 amide bonds. The van der Waals surface area contributed by atoms with Gasteiger partial charge in [0.05, 0.1) is 30.8 Å². The second-order valence-electron chi connectivity index (χ2n) is 5.57. The van der Waals surface area contributed by atoms with Crippen LogP contribution in [-0.4, -0.2) is 48.9 Å². The fourth-order valence-electron chi connectivity index (χ4n) is 1.65. The molecule has 4 heteroatoms. The fraction of sp³-hybridized carbons (Fsp3) is 0.571. The van der Waals surface area contributed by atoms with Gasteiger partial charge < -0.3 is 14.9 Å². The zero-order valence-corrected chi connectivity index (χ0v) is 12.4. The summed E-state index contributed by atoms with van der Waals surface area (Å²) in [6.45, 7) is 5.55. The number of quaternary nitrogens is 1. The van der Waals surface area contributed by atoms with E-state index in [1.807, 2.05) is 24.3 Å². The number of hydrogen-bond acceptors (Lipinski definition) is 2. The number of para-hydroxylation sites is 1. The summed E-state index contributed by atoms with van der Waals surface area (Å²) in [5, 5.41) is 13.9. The first-order valence-corrected chi connectivity index (χ1v) is 6.70. The molecular weight excluding hydrogens is 248 g/mol. The van der Waals surface area contributed by atoms with Crippen LogP contribution in [-0.2, 0) is 0 Å². The number of halogens is 1. The monoisotopic (exact) mass is 271 g/mol. The Kier molecular flexibility index (Phi) is 5.45. The standard InChI is InChI=1S/C14H24ClN2O/c1-11(2)17(3,4)10-12(18)9-16-14-8-6-5-7-13(14)15/h5-8,11-12,16,18H,9-10H2,1-4H3/q+1. The first-order chi connectivity index (χ1) is 8.33. The molecule has 0 saturated heterocycles. The maximum atomic E-state index is 10.1. The van der Waals surface area contributed by atoms with Gasteiger partial charge in [-0.3, -0.25) is 0 Å². The Hall–Kier alpha value is -0.770. The third-order valence-electron chi connectivity index (χ3n) is 3.48. The molecule has 0 heterocycles. The predicted octanol–water partition coefficient (Wildman–Crippen LogP) is 2.60. The molecule has 0 saturated carbocycles. The second-order valence-corrected chi connectivity index (χ2v) is 5.98. The molecule has 1 aromatic carbocycles. The van der Waals surface area contributed by atoms with Crippen LogP contribution in [0.3, 0.4) is 0 Å². The van der Waals surface area contributed by atoms with E-state index in [2.05, 4.69) is 33.3 Å². The van der Waals surface area contributed by atoms with E-state index >= 15 is 0 Å². The van der Waals surface area contributed by atoms with Gasteiger partial charge in [-0.15, -0.1) is 0 Å². The topological polar surface area (TPSA) is 32.3 Å².